The quantitative estimate of drug-likeness (QED) is 0.903. The lowest BCUT2D eigenvalue weighted by atomic mass is 9.53. The molecule has 0 saturated heterocycles. The van der Waals surface area contributed by atoms with E-state index in [9.17, 15) is 5.26 Å². The van der Waals surface area contributed by atoms with Gasteiger partial charge in [-0.25, -0.2) is 0 Å². The number of hydrogen-bond donors (Lipinski definition) is 1. The molecule has 0 heterocycles. The van der Waals surface area contributed by atoms with Gasteiger partial charge in [0.15, 0.2) is 0 Å². The Balaban J connectivity index is 1.57. The molecule has 4 aliphatic rings. The lowest BCUT2D eigenvalue weighted by molar-refractivity contribution is -0.0226. The maximum Gasteiger partial charge on any atom is 0.121 e. The van der Waals surface area contributed by atoms with Crippen LogP contribution in [0.25, 0.3) is 0 Å². The Morgan fingerprint density at radius 1 is 1.00 bits per heavy atom. The molecule has 0 amide bonds. The molecule has 0 aromatic heterocycles. The van der Waals surface area contributed by atoms with Crippen molar-refractivity contribution in [2.24, 2.45) is 17.8 Å². The molecule has 0 radical (unpaired) electrons. The van der Waals surface area contributed by atoms with Crippen LogP contribution in [0.2, 0.25) is 0 Å². The summed E-state index contributed by atoms with van der Waals surface area (Å²) in [7, 11) is 0. The van der Waals surface area contributed by atoms with E-state index in [2.05, 4.69) is 23.5 Å². The van der Waals surface area contributed by atoms with Crippen molar-refractivity contribution in [3.63, 3.8) is 0 Å². The van der Waals surface area contributed by atoms with Crippen molar-refractivity contribution in [2.45, 2.75) is 50.1 Å². The first-order chi connectivity index (χ1) is 9.76. The summed E-state index contributed by atoms with van der Waals surface area (Å²) in [5, 5.41) is 13.3. The molecule has 4 bridgehead atoms. The van der Waals surface area contributed by atoms with Crippen LogP contribution in [0.3, 0.4) is 0 Å². The molecule has 1 aromatic rings. The zero-order valence-electron chi connectivity index (χ0n) is 11.9. The molecule has 1 aromatic carbocycles. The van der Waals surface area contributed by atoms with E-state index in [1.807, 2.05) is 18.2 Å². The Morgan fingerprint density at radius 3 is 2.05 bits per heavy atom. The molecular weight excluding hydrogens is 244 g/mol. The Hall–Kier alpha value is -1.33. The molecule has 4 saturated carbocycles. The molecule has 0 spiro atoms. The third kappa shape index (κ3) is 2.05. The second-order valence-corrected chi connectivity index (χ2v) is 7.32. The van der Waals surface area contributed by atoms with Gasteiger partial charge in [-0.2, -0.15) is 5.26 Å². The summed E-state index contributed by atoms with van der Waals surface area (Å²) in [6, 6.07) is 12.6. The van der Waals surface area contributed by atoms with Crippen molar-refractivity contribution >= 4 is 0 Å². The minimum atomic E-state index is -0.146. The summed E-state index contributed by atoms with van der Waals surface area (Å²) in [6.07, 6.45) is 8.23. The molecular formula is C18H22N2. The van der Waals surface area contributed by atoms with Gasteiger partial charge in [0.2, 0.25) is 0 Å². The standard InChI is InChI=1S/C18H22N2/c19-12-17(16-4-2-1-3-5-16)20-18-9-13-6-14(10-18)8-15(7-13)11-18/h1-5,13-15,17,20H,6-11H2/t13?,14?,15?,17-,18?/m0/s1. The van der Waals surface area contributed by atoms with E-state index in [1.165, 1.54) is 38.5 Å². The normalized spacial score (nSPS) is 39.5. The van der Waals surface area contributed by atoms with Crippen LogP contribution in [-0.2, 0) is 0 Å². The van der Waals surface area contributed by atoms with Crippen molar-refractivity contribution in [1.82, 2.24) is 5.32 Å². The lowest BCUT2D eigenvalue weighted by Crippen LogP contribution is -2.58. The number of nitrogens with zero attached hydrogens (tertiary/aromatic N) is 1. The van der Waals surface area contributed by atoms with Gasteiger partial charge < -0.3 is 0 Å². The van der Waals surface area contributed by atoms with E-state index < -0.39 is 0 Å². The largest absolute Gasteiger partial charge is 0.293 e. The summed E-state index contributed by atoms with van der Waals surface area (Å²) in [5.74, 6) is 2.76. The summed E-state index contributed by atoms with van der Waals surface area (Å²) in [5.41, 5.74) is 1.37. The van der Waals surface area contributed by atoms with Crippen LogP contribution in [0.15, 0.2) is 30.3 Å². The zero-order chi connectivity index (χ0) is 13.6. The van der Waals surface area contributed by atoms with E-state index in [4.69, 9.17) is 0 Å². The Morgan fingerprint density at radius 2 is 1.55 bits per heavy atom. The fourth-order valence-electron chi connectivity index (χ4n) is 5.43. The molecule has 0 aliphatic heterocycles. The van der Waals surface area contributed by atoms with E-state index in [0.29, 0.717) is 0 Å². The highest BCUT2D eigenvalue weighted by atomic mass is 15.0. The molecule has 4 aliphatic carbocycles. The average Bonchev–Trinajstić information content (AvgIpc) is 2.44. The van der Waals surface area contributed by atoms with Gasteiger partial charge in [-0.1, -0.05) is 30.3 Å². The topological polar surface area (TPSA) is 35.8 Å². The molecule has 1 atom stereocenters. The van der Waals surface area contributed by atoms with Crippen LogP contribution in [0.1, 0.15) is 50.1 Å². The maximum atomic E-state index is 9.57. The molecule has 2 nitrogen and oxygen atoms in total. The predicted molar refractivity (Wildman–Crippen MR) is 78.8 cm³/mol. The van der Waals surface area contributed by atoms with Crippen LogP contribution in [-0.4, -0.2) is 5.54 Å². The average molecular weight is 266 g/mol. The predicted octanol–water partition coefficient (Wildman–Crippen LogP) is 3.81. The molecule has 5 rings (SSSR count). The summed E-state index contributed by atoms with van der Waals surface area (Å²) in [4.78, 5) is 0. The number of rotatable bonds is 3. The van der Waals surface area contributed by atoms with E-state index >= 15 is 0 Å². The fraction of sp³-hybridized carbons (Fsp3) is 0.611. The van der Waals surface area contributed by atoms with Crippen molar-refractivity contribution in [3.8, 4) is 6.07 Å². The number of nitriles is 1. The zero-order valence-corrected chi connectivity index (χ0v) is 11.9. The van der Waals surface area contributed by atoms with Gasteiger partial charge in [0.1, 0.15) is 6.04 Å². The monoisotopic (exact) mass is 266 g/mol. The van der Waals surface area contributed by atoms with Gasteiger partial charge in [0, 0.05) is 5.54 Å². The summed E-state index contributed by atoms with van der Waals surface area (Å²) >= 11 is 0. The van der Waals surface area contributed by atoms with Gasteiger partial charge in [-0.05, 0) is 61.8 Å². The van der Waals surface area contributed by atoms with E-state index in [-0.39, 0.29) is 11.6 Å². The van der Waals surface area contributed by atoms with Crippen molar-refractivity contribution < 1.29 is 0 Å². The van der Waals surface area contributed by atoms with Gasteiger partial charge >= 0.3 is 0 Å². The van der Waals surface area contributed by atoms with Gasteiger partial charge in [-0.3, -0.25) is 5.32 Å². The van der Waals surface area contributed by atoms with Crippen molar-refractivity contribution in [1.29, 1.82) is 5.26 Å². The number of benzene rings is 1. The number of nitrogens with one attached hydrogen (secondary N) is 1. The van der Waals surface area contributed by atoms with Gasteiger partial charge in [-0.15, -0.1) is 0 Å². The van der Waals surface area contributed by atoms with Gasteiger partial charge in [0.05, 0.1) is 6.07 Å². The molecule has 2 heteroatoms. The molecule has 104 valence electrons. The highest BCUT2D eigenvalue weighted by molar-refractivity contribution is 5.25. The van der Waals surface area contributed by atoms with Crippen molar-refractivity contribution in [3.05, 3.63) is 35.9 Å². The Labute approximate surface area is 121 Å². The lowest BCUT2D eigenvalue weighted by Gasteiger charge is -2.57. The van der Waals surface area contributed by atoms with Crippen LogP contribution in [0, 0.1) is 29.1 Å². The second-order valence-electron chi connectivity index (χ2n) is 7.32. The van der Waals surface area contributed by atoms with Crippen LogP contribution in [0.4, 0.5) is 0 Å². The number of hydrogen-bond acceptors (Lipinski definition) is 2. The summed E-state index contributed by atoms with van der Waals surface area (Å²) < 4.78 is 0. The summed E-state index contributed by atoms with van der Waals surface area (Å²) in [6.45, 7) is 0. The molecule has 0 unspecified atom stereocenters. The fourth-order valence-corrected chi connectivity index (χ4v) is 5.43. The SMILES string of the molecule is N#C[C@H](NC12CC3CC(CC(C3)C1)C2)c1ccccc1. The van der Waals surface area contributed by atoms with Gasteiger partial charge in [0.25, 0.3) is 0 Å². The first-order valence-corrected chi connectivity index (χ1v) is 7.99. The van der Waals surface area contributed by atoms with E-state index in [1.54, 1.807) is 0 Å². The Bertz CT molecular complexity index is 493. The smallest absolute Gasteiger partial charge is 0.121 e. The highest BCUT2D eigenvalue weighted by Gasteiger charge is 2.51. The minimum absolute atomic E-state index is 0.146. The third-order valence-corrected chi connectivity index (χ3v) is 5.75. The highest BCUT2D eigenvalue weighted by Crippen LogP contribution is 2.56. The minimum Gasteiger partial charge on any atom is -0.293 e. The first-order valence-electron chi connectivity index (χ1n) is 7.99. The molecule has 4 fully saturated rings. The van der Waals surface area contributed by atoms with Crippen LogP contribution < -0.4 is 5.32 Å². The van der Waals surface area contributed by atoms with Crippen molar-refractivity contribution in [2.75, 3.05) is 0 Å². The van der Waals surface area contributed by atoms with Crippen LogP contribution >= 0.6 is 0 Å². The molecule has 1 N–H and O–H groups in total. The Kier molecular flexibility index (Phi) is 2.86. The first kappa shape index (κ1) is 12.4. The van der Waals surface area contributed by atoms with Crippen LogP contribution in [0.5, 0.6) is 0 Å². The van der Waals surface area contributed by atoms with E-state index in [0.717, 1.165) is 23.3 Å². The maximum absolute atomic E-state index is 9.57. The third-order valence-electron chi connectivity index (χ3n) is 5.75. The second kappa shape index (κ2) is 4.60. The molecule has 20 heavy (non-hydrogen) atoms.